The average molecular weight is 403 g/mol. The number of nitrogens with one attached hydrogen (secondary N) is 1. The number of amides is 1. The third-order valence-electron chi connectivity index (χ3n) is 5.57. The van der Waals surface area contributed by atoms with Crippen molar-refractivity contribution in [2.45, 2.75) is 44.4 Å². The van der Waals surface area contributed by atoms with Gasteiger partial charge in [-0.1, -0.05) is 18.2 Å². The Hall–Kier alpha value is -3.55. The molecular formula is C22H21N5O3. The highest BCUT2D eigenvalue weighted by molar-refractivity contribution is 5.82. The quantitative estimate of drug-likeness (QED) is 0.719. The summed E-state index contributed by atoms with van der Waals surface area (Å²) in [6.45, 7) is 0.586. The predicted octanol–water partition coefficient (Wildman–Crippen LogP) is 2.05. The number of carbonyl (C=O) groups excluding carboxylic acids is 1. The van der Waals surface area contributed by atoms with Crippen LogP contribution in [0.15, 0.2) is 53.7 Å². The second-order valence-corrected chi connectivity index (χ2v) is 7.56. The van der Waals surface area contributed by atoms with Gasteiger partial charge in [-0.2, -0.15) is 0 Å². The van der Waals surface area contributed by atoms with Crippen LogP contribution in [0.4, 0.5) is 0 Å². The van der Waals surface area contributed by atoms with Crippen molar-refractivity contribution < 1.29 is 9.53 Å². The molecule has 2 aromatic heterocycles. The van der Waals surface area contributed by atoms with Crippen LogP contribution in [-0.2, 0) is 17.8 Å². The Morgan fingerprint density at radius 1 is 1.17 bits per heavy atom. The van der Waals surface area contributed by atoms with Crippen molar-refractivity contribution in [2.24, 2.45) is 0 Å². The van der Waals surface area contributed by atoms with E-state index in [0.717, 1.165) is 24.2 Å². The maximum atomic E-state index is 13.0. The lowest BCUT2D eigenvalue weighted by atomic mass is 10.1. The van der Waals surface area contributed by atoms with Crippen molar-refractivity contribution in [3.63, 3.8) is 0 Å². The zero-order chi connectivity index (χ0) is 20.5. The summed E-state index contributed by atoms with van der Waals surface area (Å²) < 4.78 is 7.49. The van der Waals surface area contributed by atoms with E-state index in [9.17, 15) is 9.59 Å². The maximum absolute atomic E-state index is 13.0. The first-order valence-corrected chi connectivity index (χ1v) is 10.1. The second kappa shape index (κ2) is 7.70. The maximum Gasteiger partial charge on any atom is 0.262 e. The fourth-order valence-corrected chi connectivity index (χ4v) is 4.07. The molecule has 5 rings (SSSR count). The number of hydrogen-bond acceptors (Lipinski definition) is 6. The van der Waals surface area contributed by atoms with E-state index in [0.29, 0.717) is 36.6 Å². The molecule has 2 aliphatic rings. The van der Waals surface area contributed by atoms with Crippen LogP contribution in [0.1, 0.15) is 36.7 Å². The molecule has 30 heavy (non-hydrogen) atoms. The fraction of sp³-hybridized carbons (Fsp3) is 0.318. The first-order valence-electron chi connectivity index (χ1n) is 10.1. The topological polar surface area (TPSA) is 99.0 Å². The van der Waals surface area contributed by atoms with E-state index in [1.807, 2.05) is 24.3 Å². The Morgan fingerprint density at radius 2 is 2.07 bits per heavy atom. The van der Waals surface area contributed by atoms with Crippen molar-refractivity contribution in [3.8, 4) is 17.1 Å². The molecule has 1 unspecified atom stereocenters. The predicted molar refractivity (Wildman–Crippen MR) is 109 cm³/mol. The normalized spacial score (nSPS) is 19.9. The summed E-state index contributed by atoms with van der Waals surface area (Å²) in [7, 11) is 0. The number of nitrogens with zero attached hydrogens (tertiary/aromatic N) is 4. The van der Waals surface area contributed by atoms with Crippen LogP contribution in [0.5, 0.6) is 5.75 Å². The molecule has 8 nitrogen and oxygen atoms in total. The van der Waals surface area contributed by atoms with Gasteiger partial charge in [-0.25, -0.2) is 15.0 Å². The van der Waals surface area contributed by atoms with Crippen LogP contribution in [0.2, 0.25) is 0 Å². The summed E-state index contributed by atoms with van der Waals surface area (Å²) in [4.78, 5) is 38.6. The molecule has 0 radical (unpaired) electrons. The minimum Gasteiger partial charge on any atom is -0.480 e. The third kappa shape index (κ3) is 3.45. The summed E-state index contributed by atoms with van der Waals surface area (Å²) in [5.74, 6) is 1.13. The van der Waals surface area contributed by atoms with Crippen molar-refractivity contribution in [3.05, 3.63) is 70.7 Å². The number of fused-ring (bicyclic) bond motifs is 2. The van der Waals surface area contributed by atoms with E-state index in [4.69, 9.17) is 9.72 Å². The molecule has 1 aromatic carbocycles. The summed E-state index contributed by atoms with van der Waals surface area (Å²) >= 11 is 0. The summed E-state index contributed by atoms with van der Waals surface area (Å²) in [5, 5.41) is 3.08. The van der Waals surface area contributed by atoms with E-state index in [2.05, 4.69) is 15.3 Å². The van der Waals surface area contributed by atoms with Crippen LogP contribution in [-0.4, -0.2) is 31.5 Å². The Bertz CT molecular complexity index is 1120. The number of carbonyl (C=O) groups is 1. The fourth-order valence-electron chi connectivity index (χ4n) is 4.07. The molecule has 0 spiro atoms. The number of rotatable bonds is 3. The van der Waals surface area contributed by atoms with Gasteiger partial charge in [0.25, 0.3) is 11.5 Å². The van der Waals surface area contributed by atoms with Crippen molar-refractivity contribution in [2.75, 3.05) is 0 Å². The number of para-hydroxylation sites is 1. The van der Waals surface area contributed by atoms with Crippen LogP contribution in [0, 0.1) is 0 Å². The lowest BCUT2D eigenvalue weighted by Crippen LogP contribution is -2.41. The first-order chi connectivity index (χ1) is 14.7. The summed E-state index contributed by atoms with van der Waals surface area (Å²) in [6, 6.07) is 10.5. The Morgan fingerprint density at radius 3 is 2.90 bits per heavy atom. The van der Waals surface area contributed by atoms with E-state index in [1.54, 1.807) is 16.8 Å². The standard InChI is InChI=1S/C22H21N5O3/c28-20-12-17(15-8-9-23-13-24-15)25-21-16(6-3-4-10-27(20)21)26-22(29)19-11-14-5-1-2-7-18(14)30-19/h1-2,5,7-9,12-13,16,19H,3-4,6,10-11H2,(H,26,29)/t16?,19-/m0/s1. The van der Waals surface area contributed by atoms with Gasteiger partial charge in [-0.05, 0) is 37.0 Å². The monoisotopic (exact) mass is 403 g/mol. The van der Waals surface area contributed by atoms with Gasteiger partial charge < -0.3 is 10.1 Å². The first kappa shape index (κ1) is 18.5. The number of ether oxygens (including phenoxy) is 1. The molecule has 8 heteroatoms. The molecule has 3 aromatic rings. The van der Waals surface area contributed by atoms with Gasteiger partial charge in [-0.15, -0.1) is 0 Å². The third-order valence-corrected chi connectivity index (χ3v) is 5.57. The molecule has 152 valence electrons. The molecule has 1 amide bonds. The van der Waals surface area contributed by atoms with Crippen molar-refractivity contribution >= 4 is 5.91 Å². The zero-order valence-corrected chi connectivity index (χ0v) is 16.3. The number of aromatic nitrogens is 4. The Balaban J connectivity index is 1.44. The molecule has 0 fully saturated rings. The lowest BCUT2D eigenvalue weighted by Gasteiger charge is -2.21. The highest BCUT2D eigenvalue weighted by Crippen LogP contribution is 2.29. The average Bonchev–Trinajstić information content (AvgIpc) is 3.11. The molecule has 0 saturated carbocycles. The van der Waals surface area contributed by atoms with Crippen molar-refractivity contribution in [1.29, 1.82) is 0 Å². The number of benzene rings is 1. The molecule has 2 atom stereocenters. The summed E-state index contributed by atoms with van der Waals surface area (Å²) in [5.41, 5.74) is 1.95. The second-order valence-electron chi connectivity index (χ2n) is 7.56. The SMILES string of the molecule is O=C(NC1CCCCn2c1nc(-c1ccncn1)cc2=O)[C@@H]1Cc2ccccc2O1. The van der Waals surface area contributed by atoms with Crippen LogP contribution >= 0.6 is 0 Å². The van der Waals surface area contributed by atoms with Crippen LogP contribution in [0.25, 0.3) is 11.4 Å². The van der Waals surface area contributed by atoms with Gasteiger partial charge >= 0.3 is 0 Å². The Labute approximate surface area is 173 Å². The number of hydrogen-bond donors (Lipinski definition) is 1. The van der Waals surface area contributed by atoms with Gasteiger partial charge in [-0.3, -0.25) is 14.2 Å². The van der Waals surface area contributed by atoms with Crippen molar-refractivity contribution in [1.82, 2.24) is 24.8 Å². The van der Waals surface area contributed by atoms with E-state index >= 15 is 0 Å². The lowest BCUT2D eigenvalue weighted by molar-refractivity contribution is -0.128. The highest BCUT2D eigenvalue weighted by Gasteiger charge is 2.32. The van der Waals surface area contributed by atoms with Crippen LogP contribution < -0.4 is 15.6 Å². The molecule has 1 N–H and O–H groups in total. The van der Waals surface area contributed by atoms with E-state index in [-0.39, 0.29) is 17.5 Å². The minimum absolute atomic E-state index is 0.140. The van der Waals surface area contributed by atoms with E-state index < -0.39 is 6.10 Å². The molecule has 2 aliphatic heterocycles. The van der Waals surface area contributed by atoms with Gasteiger partial charge in [0.2, 0.25) is 0 Å². The van der Waals surface area contributed by atoms with Gasteiger partial charge in [0.05, 0.1) is 17.4 Å². The highest BCUT2D eigenvalue weighted by atomic mass is 16.5. The minimum atomic E-state index is -0.573. The molecule has 0 bridgehead atoms. The smallest absolute Gasteiger partial charge is 0.262 e. The van der Waals surface area contributed by atoms with Crippen LogP contribution in [0.3, 0.4) is 0 Å². The zero-order valence-electron chi connectivity index (χ0n) is 16.3. The van der Waals surface area contributed by atoms with Gasteiger partial charge in [0.15, 0.2) is 6.10 Å². The van der Waals surface area contributed by atoms with Gasteiger partial charge in [0.1, 0.15) is 17.9 Å². The van der Waals surface area contributed by atoms with Gasteiger partial charge in [0, 0.05) is 25.2 Å². The largest absolute Gasteiger partial charge is 0.480 e. The molecular weight excluding hydrogens is 382 g/mol. The molecule has 4 heterocycles. The summed E-state index contributed by atoms with van der Waals surface area (Å²) in [6.07, 6.45) is 5.47. The van der Waals surface area contributed by atoms with E-state index in [1.165, 1.54) is 12.4 Å². The molecule has 0 saturated heterocycles. The molecule has 0 aliphatic carbocycles. The Kier molecular flexibility index (Phi) is 4.74.